The first kappa shape index (κ1) is 11.0. The van der Waals surface area contributed by atoms with Gasteiger partial charge in [-0.2, -0.15) is 0 Å². The second kappa shape index (κ2) is 3.95. The van der Waals surface area contributed by atoms with Crippen molar-refractivity contribution in [3.05, 3.63) is 0 Å². The van der Waals surface area contributed by atoms with Crippen LogP contribution in [0.4, 0.5) is 0 Å². The Hall–Kier alpha value is -0.120. The number of hydrogen-bond acceptors (Lipinski definition) is 3. The zero-order chi connectivity index (χ0) is 10.1. The smallest absolute Gasteiger partial charge is 0.112 e. The predicted molar refractivity (Wildman–Crippen MR) is 52.4 cm³/mol. The summed E-state index contributed by atoms with van der Waals surface area (Å²) in [5, 5.41) is 10.00. The van der Waals surface area contributed by atoms with Gasteiger partial charge in [0.2, 0.25) is 0 Å². The molecule has 1 fully saturated rings. The lowest BCUT2D eigenvalue weighted by molar-refractivity contribution is -0.126. The Morgan fingerprint density at radius 2 is 2.08 bits per heavy atom. The maximum atomic E-state index is 10.00. The molecule has 13 heavy (non-hydrogen) atoms. The van der Waals surface area contributed by atoms with Crippen LogP contribution < -0.4 is 0 Å². The number of rotatable bonds is 1. The Labute approximate surface area is 80.7 Å². The Balaban J connectivity index is 2.51. The van der Waals surface area contributed by atoms with E-state index in [1.807, 2.05) is 6.92 Å². The number of ether oxygens (including phenoxy) is 1. The molecule has 1 N–H and O–H groups in total. The molecule has 1 saturated heterocycles. The fourth-order valence-corrected chi connectivity index (χ4v) is 1.62. The van der Waals surface area contributed by atoms with Crippen LogP contribution >= 0.6 is 0 Å². The number of morpholine rings is 1. The van der Waals surface area contributed by atoms with Crippen LogP contribution in [0, 0.1) is 5.41 Å². The summed E-state index contributed by atoms with van der Waals surface area (Å²) in [4.78, 5) is 2.09. The standard InChI is InChI=1S/C10H21NO2/c1-8-7-11(5-6-13-8)9(12)10(2,3)4/h8-9,12H,5-7H2,1-4H3. The molecule has 2 unspecified atom stereocenters. The first-order valence-electron chi connectivity index (χ1n) is 4.95. The van der Waals surface area contributed by atoms with E-state index >= 15 is 0 Å². The molecule has 0 spiro atoms. The van der Waals surface area contributed by atoms with Crippen molar-refractivity contribution < 1.29 is 9.84 Å². The Bertz CT molecular complexity index is 165. The molecular weight excluding hydrogens is 166 g/mol. The normalized spacial score (nSPS) is 28.8. The summed E-state index contributed by atoms with van der Waals surface area (Å²) >= 11 is 0. The largest absolute Gasteiger partial charge is 0.378 e. The van der Waals surface area contributed by atoms with Crippen LogP contribution in [-0.4, -0.2) is 42.0 Å². The molecule has 2 atom stereocenters. The summed E-state index contributed by atoms with van der Waals surface area (Å²) in [6, 6.07) is 0. The van der Waals surface area contributed by atoms with Crippen LogP contribution in [0.3, 0.4) is 0 Å². The van der Waals surface area contributed by atoms with E-state index in [9.17, 15) is 5.11 Å². The molecule has 3 heteroatoms. The van der Waals surface area contributed by atoms with E-state index < -0.39 is 0 Å². The highest BCUT2D eigenvalue weighted by molar-refractivity contribution is 4.78. The van der Waals surface area contributed by atoms with Crippen LogP contribution in [0.5, 0.6) is 0 Å². The third-order valence-electron chi connectivity index (χ3n) is 2.39. The maximum Gasteiger partial charge on any atom is 0.112 e. The average molecular weight is 187 g/mol. The topological polar surface area (TPSA) is 32.7 Å². The molecule has 0 aromatic heterocycles. The van der Waals surface area contributed by atoms with E-state index in [4.69, 9.17) is 4.74 Å². The highest BCUT2D eigenvalue weighted by atomic mass is 16.5. The van der Waals surface area contributed by atoms with Crippen molar-refractivity contribution in [2.75, 3.05) is 19.7 Å². The second-order valence-electron chi connectivity index (χ2n) is 4.92. The van der Waals surface area contributed by atoms with Gasteiger partial charge in [-0.05, 0) is 6.92 Å². The van der Waals surface area contributed by atoms with E-state index in [0.29, 0.717) is 0 Å². The van der Waals surface area contributed by atoms with Gasteiger partial charge in [0, 0.05) is 18.5 Å². The summed E-state index contributed by atoms with van der Waals surface area (Å²) in [5.74, 6) is 0. The fraction of sp³-hybridized carbons (Fsp3) is 1.00. The molecule has 1 heterocycles. The summed E-state index contributed by atoms with van der Waals surface area (Å²) in [5.41, 5.74) is -0.0724. The molecule has 1 aliphatic rings. The predicted octanol–water partition coefficient (Wildman–Crippen LogP) is 1.07. The van der Waals surface area contributed by atoms with Gasteiger partial charge in [0.1, 0.15) is 6.23 Å². The van der Waals surface area contributed by atoms with Crippen LogP contribution in [0.1, 0.15) is 27.7 Å². The van der Waals surface area contributed by atoms with E-state index in [0.717, 1.165) is 19.7 Å². The number of aliphatic hydroxyl groups is 1. The molecule has 1 rings (SSSR count). The van der Waals surface area contributed by atoms with Crippen molar-refractivity contribution in [3.63, 3.8) is 0 Å². The summed E-state index contributed by atoms with van der Waals surface area (Å²) in [6.07, 6.45) is -0.121. The summed E-state index contributed by atoms with van der Waals surface area (Å²) in [7, 11) is 0. The zero-order valence-corrected chi connectivity index (χ0v) is 9.08. The monoisotopic (exact) mass is 187 g/mol. The van der Waals surface area contributed by atoms with Gasteiger partial charge in [-0.25, -0.2) is 0 Å². The average Bonchev–Trinajstić information content (AvgIpc) is 2.01. The molecule has 0 saturated carbocycles. The molecule has 0 aromatic carbocycles. The van der Waals surface area contributed by atoms with Gasteiger partial charge in [-0.1, -0.05) is 20.8 Å². The minimum absolute atomic E-state index is 0.0724. The third kappa shape index (κ3) is 2.93. The van der Waals surface area contributed by atoms with E-state index in [1.54, 1.807) is 0 Å². The van der Waals surface area contributed by atoms with Gasteiger partial charge in [0.15, 0.2) is 0 Å². The SMILES string of the molecule is CC1CN(C(O)C(C)(C)C)CCO1. The highest BCUT2D eigenvalue weighted by Gasteiger charge is 2.30. The Kier molecular flexibility index (Phi) is 3.33. The third-order valence-corrected chi connectivity index (χ3v) is 2.39. The fourth-order valence-electron chi connectivity index (χ4n) is 1.62. The van der Waals surface area contributed by atoms with E-state index in [2.05, 4.69) is 25.7 Å². The van der Waals surface area contributed by atoms with Gasteiger partial charge in [0.25, 0.3) is 0 Å². The zero-order valence-electron chi connectivity index (χ0n) is 9.08. The lowest BCUT2D eigenvalue weighted by Gasteiger charge is -2.40. The molecule has 1 aliphatic heterocycles. The number of aliphatic hydroxyl groups excluding tert-OH is 1. The molecule has 3 nitrogen and oxygen atoms in total. The van der Waals surface area contributed by atoms with Gasteiger partial charge in [-0.3, -0.25) is 4.90 Å². The van der Waals surface area contributed by atoms with E-state index in [1.165, 1.54) is 0 Å². The van der Waals surface area contributed by atoms with Gasteiger partial charge in [0.05, 0.1) is 12.7 Å². The molecular formula is C10H21NO2. The number of hydrogen-bond donors (Lipinski definition) is 1. The summed E-state index contributed by atoms with van der Waals surface area (Å²) < 4.78 is 5.42. The minimum Gasteiger partial charge on any atom is -0.378 e. The van der Waals surface area contributed by atoms with Gasteiger partial charge < -0.3 is 9.84 Å². The van der Waals surface area contributed by atoms with Crippen molar-refractivity contribution >= 4 is 0 Å². The molecule has 0 aromatic rings. The lowest BCUT2D eigenvalue weighted by atomic mass is 9.93. The minimum atomic E-state index is -0.362. The lowest BCUT2D eigenvalue weighted by Crippen LogP contribution is -2.51. The Morgan fingerprint density at radius 3 is 2.54 bits per heavy atom. The molecule has 0 aliphatic carbocycles. The highest BCUT2D eigenvalue weighted by Crippen LogP contribution is 2.23. The maximum absolute atomic E-state index is 10.00. The van der Waals surface area contributed by atoms with Gasteiger partial charge in [-0.15, -0.1) is 0 Å². The Morgan fingerprint density at radius 1 is 1.46 bits per heavy atom. The quantitative estimate of drug-likeness (QED) is 0.666. The van der Waals surface area contributed by atoms with Crippen LogP contribution in [-0.2, 0) is 4.74 Å². The molecule has 0 amide bonds. The van der Waals surface area contributed by atoms with Crippen LogP contribution in [0.25, 0.3) is 0 Å². The van der Waals surface area contributed by atoms with Crippen molar-refractivity contribution in [1.29, 1.82) is 0 Å². The first-order valence-corrected chi connectivity index (χ1v) is 4.95. The molecule has 0 bridgehead atoms. The van der Waals surface area contributed by atoms with Crippen LogP contribution in [0.15, 0.2) is 0 Å². The first-order chi connectivity index (χ1) is 5.91. The molecule has 78 valence electrons. The van der Waals surface area contributed by atoms with Crippen LogP contribution in [0.2, 0.25) is 0 Å². The summed E-state index contributed by atoms with van der Waals surface area (Å²) in [6.45, 7) is 10.6. The number of nitrogens with zero attached hydrogens (tertiary/aromatic N) is 1. The van der Waals surface area contributed by atoms with E-state index in [-0.39, 0.29) is 17.7 Å². The second-order valence-corrected chi connectivity index (χ2v) is 4.92. The van der Waals surface area contributed by atoms with Crippen molar-refractivity contribution in [1.82, 2.24) is 4.90 Å². The van der Waals surface area contributed by atoms with Crippen molar-refractivity contribution in [2.45, 2.75) is 40.0 Å². The van der Waals surface area contributed by atoms with Crippen molar-refractivity contribution in [2.24, 2.45) is 5.41 Å². The van der Waals surface area contributed by atoms with Crippen molar-refractivity contribution in [3.8, 4) is 0 Å². The van der Waals surface area contributed by atoms with Gasteiger partial charge >= 0.3 is 0 Å². The molecule has 0 radical (unpaired) electrons.